The second kappa shape index (κ2) is 5.87. The molecule has 0 spiro atoms. The van der Waals surface area contributed by atoms with Gasteiger partial charge in [-0.1, -0.05) is 32.0 Å². The van der Waals surface area contributed by atoms with Gasteiger partial charge in [-0.25, -0.2) is 0 Å². The van der Waals surface area contributed by atoms with E-state index in [0.717, 1.165) is 5.56 Å². The highest BCUT2D eigenvalue weighted by Crippen LogP contribution is 2.24. The van der Waals surface area contributed by atoms with Crippen LogP contribution in [0.2, 0.25) is 0 Å². The third kappa shape index (κ3) is 4.39. The van der Waals surface area contributed by atoms with Crippen LogP contribution in [0.4, 0.5) is 0 Å². The monoisotopic (exact) mass is 263 g/mol. The number of hydrogen-bond donors (Lipinski definition) is 2. The van der Waals surface area contributed by atoms with Crippen LogP contribution in [0, 0.1) is 13.8 Å². The number of carboxylic acids is 1. The molecule has 104 valence electrons. The number of aryl methyl sites for hydroxylation is 2. The Kier molecular flexibility index (Phi) is 4.70. The molecular weight excluding hydrogens is 242 g/mol. The van der Waals surface area contributed by atoms with Crippen LogP contribution >= 0.6 is 0 Å². The Morgan fingerprint density at radius 2 is 1.84 bits per heavy atom. The molecule has 0 saturated heterocycles. The normalized spacial score (nSPS) is 11.2. The Bertz CT molecular complexity index is 492. The van der Waals surface area contributed by atoms with Crippen LogP contribution in [0.25, 0.3) is 0 Å². The summed E-state index contributed by atoms with van der Waals surface area (Å²) in [6, 6.07) is 6.22. The third-order valence-corrected chi connectivity index (χ3v) is 3.33. The largest absolute Gasteiger partial charge is 0.481 e. The van der Waals surface area contributed by atoms with Gasteiger partial charge in [0, 0.05) is 12.0 Å². The summed E-state index contributed by atoms with van der Waals surface area (Å²) >= 11 is 0. The van der Waals surface area contributed by atoms with Crippen LogP contribution < -0.4 is 5.32 Å². The molecule has 1 aromatic rings. The number of carbonyl (C=O) groups is 2. The number of hydrogen-bond acceptors (Lipinski definition) is 2. The smallest absolute Gasteiger partial charge is 0.312 e. The van der Waals surface area contributed by atoms with Crippen molar-refractivity contribution in [3.8, 4) is 0 Å². The molecule has 0 saturated carbocycles. The average Bonchev–Trinajstić information content (AvgIpc) is 2.29. The molecule has 1 rings (SSSR count). The Hall–Kier alpha value is -1.84. The highest BCUT2D eigenvalue weighted by atomic mass is 16.4. The Labute approximate surface area is 113 Å². The summed E-state index contributed by atoms with van der Waals surface area (Å²) in [5.41, 5.74) is 3.34. The van der Waals surface area contributed by atoms with Gasteiger partial charge in [0.05, 0.1) is 0 Å². The fourth-order valence-corrected chi connectivity index (χ4v) is 1.78. The van der Waals surface area contributed by atoms with Crippen LogP contribution in [-0.4, -0.2) is 23.5 Å². The van der Waals surface area contributed by atoms with Crippen molar-refractivity contribution < 1.29 is 14.7 Å². The summed E-state index contributed by atoms with van der Waals surface area (Å²) in [6.07, 6.45) is -0.483. The number of amides is 1. The van der Waals surface area contributed by atoms with Gasteiger partial charge in [0.15, 0.2) is 0 Å². The number of aliphatic carboxylic acids is 1. The van der Waals surface area contributed by atoms with Gasteiger partial charge in [-0.05, 0) is 30.5 Å². The van der Waals surface area contributed by atoms with Crippen LogP contribution in [0.5, 0.6) is 0 Å². The van der Waals surface area contributed by atoms with Crippen molar-refractivity contribution in [2.24, 2.45) is 0 Å². The van der Waals surface area contributed by atoms with Gasteiger partial charge in [0.25, 0.3) is 0 Å². The Morgan fingerprint density at radius 3 is 2.37 bits per heavy atom. The second-order valence-corrected chi connectivity index (χ2v) is 5.53. The molecule has 0 aliphatic rings. The van der Waals surface area contributed by atoms with E-state index in [2.05, 4.69) is 31.3 Å². The Morgan fingerprint density at radius 1 is 1.21 bits per heavy atom. The molecule has 0 radical (unpaired) electrons. The first-order valence-electron chi connectivity index (χ1n) is 6.28. The third-order valence-electron chi connectivity index (χ3n) is 3.33. The molecule has 4 heteroatoms. The lowest BCUT2D eigenvalue weighted by Gasteiger charge is -2.26. The molecule has 4 nitrogen and oxygen atoms in total. The van der Waals surface area contributed by atoms with E-state index < -0.39 is 18.3 Å². The van der Waals surface area contributed by atoms with Crippen LogP contribution in [0.1, 0.15) is 37.0 Å². The minimum atomic E-state index is -1.11. The van der Waals surface area contributed by atoms with Crippen molar-refractivity contribution in [2.45, 2.75) is 39.5 Å². The van der Waals surface area contributed by atoms with Crippen molar-refractivity contribution in [1.29, 1.82) is 0 Å². The predicted molar refractivity (Wildman–Crippen MR) is 74.2 cm³/mol. The maximum atomic E-state index is 11.4. The zero-order valence-corrected chi connectivity index (χ0v) is 11.9. The van der Waals surface area contributed by atoms with E-state index in [1.54, 1.807) is 0 Å². The molecule has 0 unspecified atom stereocenters. The summed E-state index contributed by atoms with van der Waals surface area (Å²) in [5.74, 6) is -1.56. The van der Waals surface area contributed by atoms with E-state index in [9.17, 15) is 9.59 Å². The fraction of sp³-hybridized carbons (Fsp3) is 0.467. The highest BCUT2D eigenvalue weighted by molar-refractivity contribution is 5.93. The van der Waals surface area contributed by atoms with Gasteiger partial charge in [0.1, 0.15) is 6.42 Å². The topological polar surface area (TPSA) is 66.4 Å². The molecule has 0 aliphatic carbocycles. The van der Waals surface area contributed by atoms with E-state index >= 15 is 0 Å². The number of carboxylic acid groups (broad SMARTS) is 1. The first kappa shape index (κ1) is 15.2. The first-order chi connectivity index (χ1) is 8.72. The molecule has 0 aliphatic heterocycles. The lowest BCUT2D eigenvalue weighted by Crippen LogP contribution is -2.37. The maximum absolute atomic E-state index is 11.4. The van der Waals surface area contributed by atoms with Gasteiger partial charge in [0.2, 0.25) is 5.91 Å². The molecule has 1 amide bonds. The lowest BCUT2D eigenvalue weighted by molar-refractivity contribution is -0.140. The molecule has 0 aromatic heterocycles. The zero-order valence-electron chi connectivity index (χ0n) is 11.9. The minimum Gasteiger partial charge on any atom is -0.481 e. The van der Waals surface area contributed by atoms with Gasteiger partial charge in [-0.3, -0.25) is 9.59 Å². The molecule has 0 heterocycles. The highest BCUT2D eigenvalue weighted by Gasteiger charge is 2.22. The first-order valence-corrected chi connectivity index (χ1v) is 6.28. The van der Waals surface area contributed by atoms with E-state index in [4.69, 9.17) is 5.11 Å². The van der Waals surface area contributed by atoms with Crippen molar-refractivity contribution in [3.05, 3.63) is 34.9 Å². The quantitative estimate of drug-likeness (QED) is 0.800. The second-order valence-electron chi connectivity index (χ2n) is 5.53. The number of carbonyl (C=O) groups excluding carboxylic acids is 1. The maximum Gasteiger partial charge on any atom is 0.312 e. The fourth-order valence-electron chi connectivity index (χ4n) is 1.78. The van der Waals surface area contributed by atoms with Crippen LogP contribution in [-0.2, 0) is 15.0 Å². The summed E-state index contributed by atoms with van der Waals surface area (Å²) in [7, 11) is 0. The van der Waals surface area contributed by atoms with Gasteiger partial charge in [-0.15, -0.1) is 0 Å². The molecule has 2 N–H and O–H groups in total. The van der Waals surface area contributed by atoms with Crippen LogP contribution in [0.15, 0.2) is 18.2 Å². The van der Waals surface area contributed by atoms with Gasteiger partial charge < -0.3 is 10.4 Å². The number of rotatable bonds is 5. The predicted octanol–water partition coefficient (Wildman–Crippen LogP) is 2.17. The average molecular weight is 263 g/mol. The van der Waals surface area contributed by atoms with Crippen LogP contribution in [0.3, 0.4) is 0 Å². The number of nitrogens with one attached hydrogen (secondary N) is 1. The molecule has 0 atom stereocenters. The SMILES string of the molecule is Cc1ccc(C(C)(C)CNC(=O)CC(=O)O)cc1C. The van der Waals surface area contributed by atoms with E-state index in [1.807, 2.05) is 19.9 Å². The van der Waals surface area contributed by atoms with Crippen molar-refractivity contribution in [3.63, 3.8) is 0 Å². The number of benzene rings is 1. The molecule has 19 heavy (non-hydrogen) atoms. The Balaban J connectivity index is 2.72. The van der Waals surface area contributed by atoms with Gasteiger partial charge in [-0.2, -0.15) is 0 Å². The van der Waals surface area contributed by atoms with Gasteiger partial charge >= 0.3 is 5.97 Å². The lowest BCUT2D eigenvalue weighted by atomic mass is 9.83. The summed E-state index contributed by atoms with van der Waals surface area (Å²) in [5, 5.41) is 11.2. The zero-order chi connectivity index (χ0) is 14.6. The van der Waals surface area contributed by atoms with E-state index in [-0.39, 0.29) is 5.41 Å². The van der Waals surface area contributed by atoms with Crippen molar-refractivity contribution in [2.75, 3.05) is 6.54 Å². The molecule has 0 bridgehead atoms. The van der Waals surface area contributed by atoms with Crippen molar-refractivity contribution >= 4 is 11.9 Å². The summed E-state index contributed by atoms with van der Waals surface area (Å²) in [4.78, 5) is 21.8. The van der Waals surface area contributed by atoms with E-state index in [1.165, 1.54) is 11.1 Å². The molecular formula is C15H21NO3. The minimum absolute atomic E-state index is 0.230. The summed E-state index contributed by atoms with van der Waals surface area (Å²) < 4.78 is 0. The molecule has 0 fully saturated rings. The van der Waals surface area contributed by atoms with Crippen molar-refractivity contribution in [1.82, 2.24) is 5.32 Å². The molecule has 1 aromatic carbocycles. The van der Waals surface area contributed by atoms with E-state index in [0.29, 0.717) is 6.54 Å². The standard InChI is InChI=1S/C15H21NO3/c1-10-5-6-12(7-11(10)2)15(3,4)9-16-13(17)8-14(18)19/h5-7H,8-9H2,1-4H3,(H,16,17)(H,18,19). The summed E-state index contributed by atoms with van der Waals surface area (Å²) in [6.45, 7) is 8.58.